The van der Waals surface area contributed by atoms with Crippen molar-refractivity contribution in [3.8, 4) is 0 Å². The van der Waals surface area contributed by atoms with Crippen LogP contribution in [0.25, 0.3) is 0 Å². The summed E-state index contributed by atoms with van der Waals surface area (Å²) in [5.41, 5.74) is 0. The Morgan fingerprint density at radius 3 is 1.04 bits per heavy atom. The molecule has 3 amide bonds. The molecule has 8 fully saturated rings. The van der Waals surface area contributed by atoms with Crippen LogP contribution in [0.3, 0.4) is 0 Å². The monoisotopic (exact) mass is 2000 g/mol. The lowest BCUT2D eigenvalue weighted by Crippen LogP contribution is -2.72. The highest BCUT2D eigenvalue weighted by Crippen LogP contribution is 2.41. The molecule has 8 saturated heterocycles. The topological polar surface area (TPSA) is 680 Å². The van der Waals surface area contributed by atoms with Gasteiger partial charge in [0.25, 0.3) is 0 Å². The van der Waals surface area contributed by atoms with E-state index in [9.17, 15) is 127 Å². The van der Waals surface area contributed by atoms with Gasteiger partial charge in [0.05, 0.1) is 70.6 Å². The molecule has 8 aliphatic heterocycles. The fourth-order valence-electron chi connectivity index (χ4n) is 19.0. The van der Waals surface area contributed by atoms with Crippen LogP contribution in [0.1, 0.15) is 260 Å². The third-order valence-corrected chi connectivity index (χ3v) is 27.4. The second-order valence-corrected chi connectivity index (χ2v) is 38.4. The summed E-state index contributed by atoms with van der Waals surface area (Å²) in [5, 5.41) is 258. The lowest BCUT2D eigenvalue weighted by molar-refractivity contribution is -0.398. The van der Waals surface area contributed by atoms with E-state index in [0.29, 0.717) is 12.8 Å². The number of amides is 3. The molecule has 0 aromatic rings. The molecular weight excluding hydrogens is 1830 g/mol. The fourth-order valence-corrected chi connectivity index (χ4v) is 19.0. The fraction of sp³-hybridized carbons (Fsp3) is 0.947. The number of aliphatic hydroxyl groups excluding tert-OH is 22. The van der Waals surface area contributed by atoms with Crippen LogP contribution >= 0.6 is 0 Å². The zero-order valence-electron chi connectivity index (χ0n) is 81.0. The number of aliphatic hydroxyl groups is 22. The van der Waals surface area contributed by atoms with Crippen LogP contribution in [-0.4, -0.2) is 434 Å². The van der Waals surface area contributed by atoms with Gasteiger partial charge in [0.2, 0.25) is 17.7 Å². The van der Waals surface area contributed by atoms with Crippen LogP contribution in [0.4, 0.5) is 0 Å². The van der Waals surface area contributed by atoms with Crippen LogP contribution < -0.4 is 16.0 Å². The molecule has 138 heavy (non-hydrogen) atoms. The molecule has 8 rings (SSSR count). The maximum absolute atomic E-state index is 13.7. The maximum atomic E-state index is 13.7. The van der Waals surface area contributed by atoms with Crippen molar-refractivity contribution in [1.29, 1.82) is 0 Å². The van der Waals surface area contributed by atoms with E-state index >= 15 is 0 Å². The Balaban J connectivity index is 0.962. The smallest absolute Gasteiger partial charge is 0.220 e. The van der Waals surface area contributed by atoms with Gasteiger partial charge >= 0.3 is 0 Å². The van der Waals surface area contributed by atoms with Gasteiger partial charge in [-0.1, -0.05) is 219 Å². The molecule has 0 aliphatic carbocycles. The van der Waals surface area contributed by atoms with E-state index < -0.39 is 316 Å². The van der Waals surface area contributed by atoms with Crippen molar-refractivity contribution in [3.63, 3.8) is 0 Å². The summed E-state index contributed by atoms with van der Waals surface area (Å²) in [6.45, 7) is 1.87. The number of rotatable bonds is 62. The first-order valence-corrected chi connectivity index (χ1v) is 50.7. The largest absolute Gasteiger partial charge is 0.394 e. The third-order valence-electron chi connectivity index (χ3n) is 27.4. The Kier molecular flexibility index (Phi) is 54.5. The summed E-state index contributed by atoms with van der Waals surface area (Å²) in [5.74, 6) is -2.29. The molecule has 0 aromatic heterocycles. The molecule has 44 nitrogen and oxygen atoms in total. The highest BCUT2D eigenvalue weighted by Gasteiger charge is 2.61. The zero-order valence-corrected chi connectivity index (χ0v) is 81.0. The van der Waals surface area contributed by atoms with Crippen LogP contribution in [0.15, 0.2) is 12.2 Å². The van der Waals surface area contributed by atoms with Gasteiger partial charge in [-0.3, -0.25) is 14.4 Å². The van der Waals surface area contributed by atoms with Crippen molar-refractivity contribution in [2.24, 2.45) is 0 Å². The Morgan fingerprint density at radius 1 is 0.297 bits per heavy atom. The summed E-state index contributed by atoms with van der Waals surface area (Å²) in [7, 11) is 0. The second kappa shape index (κ2) is 62.7. The Labute approximate surface area is 808 Å². The van der Waals surface area contributed by atoms with Crippen molar-refractivity contribution >= 4 is 17.7 Å². The number of carbonyl (C=O) groups is 3. The molecule has 44 heteroatoms. The number of hydrogen-bond donors (Lipinski definition) is 25. The molecule has 8 aliphatic rings. The van der Waals surface area contributed by atoms with Crippen molar-refractivity contribution in [2.75, 3.05) is 46.2 Å². The highest BCUT2D eigenvalue weighted by atomic mass is 16.8. The van der Waals surface area contributed by atoms with Crippen LogP contribution in [0.2, 0.25) is 0 Å². The van der Waals surface area contributed by atoms with Gasteiger partial charge in [-0.05, 0) is 33.1 Å². The normalized spacial score (nSPS) is 39.2. The number of carbonyl (C=O) groups excluding carboxylic acids is 3. The van der Waals surface area contributed by atoms with Crippen LogP contribution in [0, 0.1) is 0 Å². The van der Waals surface area contributed by atoms with Crippen molar-refractivity contribution in [3.05, 3.63) is 12.2 Å². The number of allylic oxidation sites excluding steroid dienone is 1. The van der Waals surface area contributed by atoms with Gasteiger partial charge < -0.3 is 204 Å². The lowest BCUT2D eigenvalue weighted by Gasteiger charge is -2.52. The van der Waals surface area contributed by atoms with Gasteiger partial charge in [-0.15, -0.1) is 0 Å². The third kappa shape index (κ3) is 35.2. The minimum absolute atomic E-state index is 0.141. The molecule has 0 aromatic carbocycles. The maximum Gasteiger partial charge on any atom is 0.220 e. The Hall–Kier alpha value is -3.37. The molecular formula is C94H169N3O41. The summed E-state index contributed by atoms with van der Waals surface area (Å²) < 4.78 is 97.0. The number of nitrogens with one attached hydrogen (secondary N) is 3. The minimum Gasteiger partial charge on any atom is -0.394 e. The Morgan fingerprint density at radius 2 is 0.609 bits per heavy atom. The van der Waals surface area contributed by atoms with E-state index in [1.165, 1.54) is 155 Å². The first-order chi connectivity index (χ1) is 66.2. The van der Waals surface area contributed by atoms with E-state index in [1.54, 1.807) is 6.08 Å². The van der Waals surface area contributed by atoms with E-state index in [4.69, 9.17) is 75.8 Å². The standard InChI is InChI=1S/C94H169N3O41/c1-7-9-11-13-15-17-19-21-22-23-24-25-26-27-28-30-32-34-36-38-40-42-62(107)97-54(55(106)41-39-37-35-33-31-29-20-18-16-14-12-10-8-2)49-123-89-77(120)74(117)81(60(47-102)131-89)132-92-78(121)85(69(112)57(44-99)126-92)137-88-64(96-53(6)105)83(82(61(48-103)130-88)134-90-75(118)71(114)65(108)50(3)124-90)135-93-79(122)84(68(111)58(45-100)127-93)136-87-63(95-52(5)104)70(113)80(59(46-101)129-87)133-94-86(73(116)67(110)56(43-98)128-94)138-91-76(119)72(115)66(109)51(4)125-91/h39,41,50-51,54-61,63-94,98-103,106,108-122H,7-38,40,42-49H2,1-6H3,(H,95,104)(H,96,105)(H,97,107)/b41-39+/t50?,51?,54-,55+,56?,57?,58?,59?,60?,61?,63?,64?,65+,66+,67-,68-,69-,70+,71?,72?,73-,74+,75-,76-,77?,78?,79?,80+,81+,82+,83+,84-,85-,86?,87-,88-,89+,90+,91+,92-,93-,94-/m0/s1. The first kappa shape index (κ1) is 120. The van der Waals surface area contributed by atoms with Gasteiger partial charge in [0.1, 0.15) is 183 Å². The van der Waals surface area contributed by atoms with E-state index in [-0.39, 0.29) is 12.3 Å². The number of unbranched alkanes of at least 4 members (excludes halogenated alkanes) is 31. The minimum atomic E-state index is -2.46. The van der Waals surface area contributed by atoms with Gasteiger partial charge in [0.15, 0.2) is 50.3 Å². The SMILES string of the molecule is CCCCCCCCCCCCC/C=C/[C@@H](O)[C@H](CO[C@@H]1OC(CO)[C@@H](O[C@@H]2OC(CO)[C@H](O)[C@H](O[C@@H]3OC(CO)[C@@H](O[C@H]4OC(C)[C@@H](O)C(O)[C@@H]4O)[C@H](O[C@@H]4OC(CO)[C@H](O)[C@H](O[C@@H]5OC(CO)[C@@H](O[C@@H]6OC(CO)[C@H](O)[C@H](O)C6O[C@H]6OC(C)[C@@H](O)C(O)[C@@H]6O)[C@H](O)C5NC(C)=O)C4O)C3NC(C)=O)C2O)[C@H](O)C1O)NC(=O)CCCCCCCCCCCCCCCCCCCCCCC. The van der Waals surface area contributed by atoms with Crippen molar-refractivity contribution < 1.29 is 203 Å². The molecule has 42 atom stereocenters. The molecule has 0 saturated carbocycles. The molecule has 8 heterocycles. The van der Waals surface area contributed by atoms with Gasteiger partial charge in [-0.2, -0.15) is 0 Å². The summed E-state index contributed by atoms with van der Waals surface area (Å²) >= 11 is 0. The zero-order chi connectivity index (χ0) is 101. The van der Waals surface area contributed by atoms with E-state index in [2.05, 4.69) is 29.8 Å². The average Bonchev–Trinajstić information content (AvgIpc) is 0.756. The molecule has 16 unspecified atom stereocenters. The van der Waals surface area contributed by atoms with Crippen LogP contribution in [-0.2, 0) is 90.2 Å². The average molecular weight is 2000 g/mol. The predicted molar refractivity (Wildman–Crippen MR) is 484 cm³/mol. The van der Waals surface area contributed by atoms with Crippen molar-refractivity contribution in [1.82, 2.24) is 16.0 Å². The second-order valence-electron chi connectivity index (χ2n) is 38.4. The molecule has 0 bridgehead atoms. The molecule has 25 N–H and O–H groups in total. The van der Waals surface area contributed by atoms with Gasteiger partial charge in [-0.25, -0.2) is 0 Å². The molecule has 0 radical (unpaired) electrons. The van der Waals surface area contributed by atoms with Gasteiger partial charge in [0, 0.05) is 20.3 Å². The molecule has 0 spiro atoms. The summed E-state index contributed by atoms with van der Waals surface area (Å²) in [6, 6.07) is -5.09. The first-order valence-electron chi connectivity index (χ1n) is 50.7. The number of hydrogen-bond acceptors (Lipinski definition) is 41. The predicted octanol–water partition coefficient (Wildman–Crippen LogP) is -2.38. The summed E-state index contributed by atoms with van der Waals surface area (Å²) in [6.07, 6.45) is -34.8. The lowest BCUT2D eigenvalue weighted by atomic mass is 9.93. The number of ether oxygens (including phenoxy) is 16. The molecule has 806 valence electrons. The highest BCUT2D eigenvalue weighted by molar-refractivity contribution is 5.76. The van der Waals surface area contributed by atoms with Crippen LogP contribution in [0.5, 0.6) is 0 Å². The quantitative estimate of drug-likeness (QED) is 0.0223. The van der Waals surface area contributed by atoms with E-state index in [1.807, 2.05) is 6.08 Å². The Bertz CT molecular complexity index is 3340. The van der Waals surface area contributed by atoms with E-state index in [0.717, 1.165) is 71.6 Å². The van der Waals surface area contributed by atoms with Crippen molar-refractivity contribution in [2.45, 2.75) is 518 Å². The summed E-state index contributed by atoms with van der Waals surface area (Å²) in [4.78, 5) is 40.6.